The highest BCUT2D eigenvalue weighted by Gasteiger charge is 2.36. The summed E-state index contributed by atoms with van der Waals surface area (Å²) in [5, 5.41) is 3.43. The third-order valence-corrected chi connectivity index (χ3v) is 6.00. The molecule has 0 saturated heterocycles. The van der Waals surface area contributed by atoms with Crippen LogP contribution in [-0.4, -0.2) is 26.2 Å². The third kappa shape index (κ3) is 3.40. The number of benzene rings is 1. The van der Waals surface area contributed by atoms with Crippen molar-refractivity contribution in [3.05, 3.63) is 60.0 Å². The number of para-hydroxylation sites is 1. The summed E-state index contributed by atoms with van der Waals surface area (Å²) in [5.41, 5.74) is 4.78. The molecule has 5 nitrogen and oxygen atoms in total. The standard InChI is InChI=1S/C22H23N3O2S/c1-22(2)11-16-19(17(26)12-22)21(24-14-7-5-4-6-8-14)20(25-16)15-9-10-23-13-18(15)28(3)27/h4-10,13,24-25H,11-12H2,1-3H3. The van der Waals surface area contributed by atoms with Crippen molar-refractivity contribution in [1.82, 2.24) is 9.97 Å². The van der Waals surface area contributed by atoms with Crippen LogP contribution in [0, 0.1) is 5.41 Å². The summed E-state index contributed by atoms with van der Waals surface area (Å²) in [6, 6.07) is 11.6. The van der Waals surface area contributed by atoms with E-state index in [0.717, 1.165) is 34.7 Å². The van der Waals surface area contributed by atoms with Gasteiger partial charge in [0, 0.05) is 42.0 Å². The zero-order chi connectivity index (χ0) is 19.9. The van der Waals surface area contributed by atoms with Gasteiger partial charge in [0.05, 0.1) is 32.6 Å². The van der Waals surface area contributed by atoms with Crippen LogP contribution in [0.2, 0.25) is 0 Å². The highest BCUT2D eigenvalue weighted by molar-refractivity contribution is 7.84. The SMILES string of the molecule is CS(=O)c1cnccc1-c1[nH]c2c(c1Nc1ccccc1)C(=O)CC(C)(C)C2. The van der Waals surface area contributed by atoms with Crippen molar-refractivity contribution in [2.24, 2.45) is 5.41 Å². The fourth-order valence-corrected chi connectivity index (χ4v) is 4.55. The first kappa shape index (κ1) is 18.6. The van der Waals surface area contributed by atoms with Crippen molar-refractivity contribution in [2.45, 2.75) is 31.6 Å². The lowest BCUT2D eigenvalue weighted by molar-refractivity contribution is 0.0912. The maximum atomic E-state index is 13.0. The number of Topliss-reactive ketones (excluding diaryl/α,β-unsaturated/α-hetero) is 1. The number of rotatable bonds is 4. The molecule has 0 spiro atoms. The number of carbonyl (C=O) groups is 1. The number of ketones is 1. The van der Waals surface area contributed by atoms with Crippen LogP contribution in [0.25, 0.3) is 11.3 Å². The van der Waals surface area contributed by atoms with E-state index >= 15 is 0 Å². The third-order valence-electron chi connectivity index (χ3n) is 5.06. The minimum Gasteiger partial charge on any atom is -0.356 e. The number of aromatic amines is 1. The van der Waals surface area contributed by atoms with Gasteiger partial charge in [-0.1, -0.05) is 32.0 Å². The molecule has 28 heavy (non-hydrogen) atoms. The molecular formula is C22H23N3O2S. The van der Waals surface area contributed by atoms with Crippen LogP contribution in [0.1, 0.15) is 36.3 Å². The largest absolute Gasteiger partial charge is 0.356 e. The molecule has 0 radical (unpaired) electrons. The lowest BCUT2D eigenvalue weighted by atomic mass is 9.76. The van der Waals surface area contributed by atoms with Crippen molar-refractivity contribution < 1.29 is 9.00 Å². The van der Waals surface area contributed by atoms with E-state index in [2.05, 4.69) is 29.1 Å². The Hall–Kier alpha value is -2.73. The number of nitrogens with one attached hydrogen (secondary N) is 2. The Morgan fingerprint density at radius 1 is 1.14 bits per heavy atom. The van der Waals surface area contributed by atoms with Crippen molar-refractivity contribution in [2.75, 3.05) is 11.6 Å². The summed E-state index contributed by atoms with van der Waals surface area (Å²) in [5.74, 6) is 0.125. The molecule has 2 heterocycles. The van der Waals surface area contributed by atoms with E-state index in [1.54, 1.807) is 18.6 Å². The quantitative estimate of drug-likeness (QED) is 0.673. The second kappa shape index (κ2) is 7.02. The Kier molecular flexibility index (Phi) is 4.67. The molecule has 0 bridgehead atoms. The van der Waals surface area contributed by atoms with Gasteiger partial charge < -0.3 is 10.3 Å². The maximum Gasteiger partial charge on any atom is 0.167 e. The Morgan fingerprint density at radius 3 is 2.61 bits per heavy atom. The predicted molar refractivity (Wildman–Crippen MR) is 113 cm³/mol. The van der Waals surface area contributed by atoms with Gasteiger partial charge in [-0.2, -0.15) is 0 Å². The zero-order valence-electron chi connectivity index (χ0n) is 16.2. The van der Waals surface area contributed by atoms with E-state index in [0.29, 0.717) is 16.9 Å². The molecule has 1 aliphatic rings. The van der Waals surface area contributed by atoms with Crippen LogP contribution in [0.15, 0.2) is 53.7 Å². The number of aromatic nitrogens is 2. The normalized spacial score (nSPS) is 16.5. The number of carbonyl (C=O) groups excluding carboxylic acids is 1. The summed E-state index contributed by atoms with van der Waals surface area (Å²) in [7, 11) is -1.20. The summed E-state index contributed by atoms with van der Waals surface area (Å²) in [6.45, 7) is 4.22. The molecule has 1 atom stereocenters. The lowest BCUT2D eigenvalue weighted by Gasteiger charge is -2.28. The average Bonchev–Trinajstić information content (AvgIpc) is 2.99. The van der Waals surface area contributed by atoms with Crippen LogP contribution in [0.3, 0.4) is 0 Å². The summed E-state index contributed by atoms with van der Waals surface area (Å²) in [6.07, 6.45) is 6.24. The molecule has 3 aromatic rings. The molecule has 1 unspecified atom stereocenters. The summed E-state index contributed by atoms with van der Waals surface area (Å²) >= 11 is 0. The van der Waals surface area contributed by atoms with Gasteiger partial charge in [0.1, 0.15) is 0 Å². The molecule has 1 aromatic carbocycles. The first-order chi connectivity index (χ1) is 13.4. The van der Waals surface area contributed by atoms with Crippen LogP contribution >= 0.6 is 0 Å². The molecule has 2 aromatic heterocycles. The van der Waals surface area contributed by atoms with Crippen LogP contribution < -0.4 is 5.32 Å². The lowest BCUT2D eigenvalue weighted by Crippen LogP contribution is -2.26. The molecular weight excluding hydrogens is 370 g/mol. The topological polar surface area (TPSA) is 74.8 Å². The second-order valence-electron chi connectivity index (χ2n) is 7.99. The molecule has 0 saturated carbocycles. The van der Waals surface area contributed by atoms with Gasteiger partial charge in [-0.3, -0.25) is 14.0 Å². The highest BCUT2D eigenvalue weighted by atomic mass is 32.2. The maximum absolute atomic E-state index is 13.0. The van der Waals surface area contributed by atoms with Crippen LogP contribution in [0.5, 0.6) is 0 Å². The number of nitrogens with zero attached hydrogens (tertiary/aromatic N) is 1. The number of H-pyrrole nitrogens is 1. The van der Waals surface area contributed by atoms with Gasteiger partial charge in [0.15, 0.2) is 5.78 Å². The van der Waals surface area contributed by atoms with Crippen LogP contribution in [-0.2, 0) is 17.2 Å². The van der Waals surface area contributed by atoms with Crippen molar-refractivity contribution in [3.63, 3.8) is 0 Å². The molecule has 6 heteroatoms. The fraction of sp³-hybridized carbons (Fsp3) is 0.273. The molecule has 4 rings (SSSR count). The molecule has 144 valence electrons. The van der Waals surface area contributed by atoms with Gasteiger partial charge in [-0.15, -0.1) is 0 Å². The monoisotopic (exact) mass is 393 g/mol. The van der Waals surface area contributed by atoms with Gasteiger partial charge >= 0.3 is 0 Å². The molecule has 0 fully saturated rings. The van der Waals surface area contributed by atoms with Crippen molar-refractivity contribution in [1.29, 1.82) is 0 Å². The minimum atomic E-state index is -1.20. The van der Waals surface area contributed by atoms with Crippen molar-refractivity contribution in [3.8, 4) is 11.3 Å². The number of hydrogen-bond donors (Lipinski definition) is 2. The van der Waals surface area contributed by atoms with E-state index < -0.39 is 10.8 Å². The van der Waals surface area contributed by atoms with E-state index in [1.165, 1.54) is 0 Å². The van der Waals surface area contributed by atoms with E-state index in [1.807, 2.05) is 36.4 Å². The molecule has 2 N–H and O–H groups in total. The second-order valence-corrected chi connectivity index (χ2v) is 9.33. The fourth-order valence-electron chi connectivity index (χ4n) is 3.86. The number of fused-ring (bicyclic) bond motifs is 1. The van der Waals surface area contributed by atoms with Gasteiger partial charge in [0.25, 0.3) is 0 Å². The van der Waals surface area contributed by atoms with Crippen LogP contribution in [0.4, 0.5) is 11.4 Å². The smallest absolute Gasteiger partial charge is 0.167 e. The Balaban J connectivity index is 1.94. The number of hydrogen-bond acceptors (Lipinski definition) is 4. The molecule has 0 aliphatic heterocycles. The number of anilines is 2. The minimum absolute atomic E-state index is 0.0924. The number of pyridine rings is 1. The van der Waals surface area contributed by atoms with Gasteiger partial charge in [-0.05, 0) is 30.0 Å². The first-order valence-corrected chi connectivity index (χ1v) is 10.8. The summed E-state index contributed by atoms with van der Waals surface area (Å²) in [4.78, 5) is 21.3. The van der Waals surface area contributed by atoms with E-state index in [9.17, 15) is 9.00 Å². The van der Waals surface area contributed by atoms with Gasteiger partial charge in [-0.25, -0.2) is 0 Å². The molecule has 0 amide bonds. The van der Waals surface area contributed by atoms with E-state index in [-0.39, 0.29) is 11.2 Å². The Morgan fingerprint density at radius 2 is 1.89 bits per heavy atom. The average molecular weight is 394 g/mol. The first-order valence-electron chi connectivity index (χ1n) is 9.24. The van der Waals surface area contributed by atoms with Crippen molar-refractivity contribution >= 4 is 28.0 Å². The molecule has 1 aliphatic carbocycles. The Bertz CT molecular complexity index is 1070. The Labute approximate surface area is 167 Å². The summed E-state index contributed by atoms with van der Waals surface area (Å²) < 4.78 is 12.3. The predicted octanol–water partition coefficient (Wildman–Crippen LogP) is 4.71. The highest BCUT2D eigenvalue weighted by Crippen LogP contribution is 2.44. The zero-order valence-corrected chi connectivity index (χ0v) is 17.0. The van der Waals surface area contributed by atoms with E-state index in [4.69, 9.17) is 0 Å². The van der Waals surface area contributed by atoms with Gasteiger partial charge in [0.2, 0.25) is 0 Å².